The fourth-order valence-electron chi connectivity index (χ4n) is 2.82. The van der Waals surface area contributed by atoms with E-state index in [1.165, 1.54) is 23.9 Å². The topological polar surface area (TPSA) is 114 Å². The van der Waals surface area contributed by atoms with E-state index in [1.807, 2.05) is 6.92 Å². The number of sulfone groups is 1. The molecule has 0 saturated carbocycles. The standard InChI is InChI=1S/C22H24N4O4S2/c1-4-13-26-20(14-32(29,30)19-11-5-15(2)6-12-19)24-25-22(26)31-16(3)21(28)23-17-7-9-18(27)10-8-17/h4-12,16,27H,1,13-14H2,2-3H3,(H,23,28). The first-order valence-electron chi connectivity index (χ1n) is 9.78. The minimum atomic E-state index is -3.61. The van der Waals surface area contributed by atoms with Crippen molar-refractivity contribution in [3.8, 4) is 5.75 Å². The van der Waals surface area contributed by atoms with Crippen molar-refractivity contribution in [2.24, 2.45) is 0 Å². The second-order valence-electron chi connectivity index (χ2n) is 7.17. The van der Waals surface area contributed by atoms with Crippen molar-refractivity contribution in [1.82, 2.24) is 14.8 Å². The van der Waals surface area contributed by atoms with Crippen LogP contribution in [0, 0.1) is 6.92 Å². The van der Waals surface area contributed by atoms with Crippen LogP contribution in [0.5, 0.6) is 5.75 Å². The number of phenolic OH excluding ortho intramolecular Hbond substituents is 1. The number of rotatable bonds is 9. The molecule has 0 aliphatic carbocycles. The molecule has 168 valence electrons. The number of aromatic hydroxyl groups is 1. The Balaban J connectivity index is 1.76. The van der Waals surface area contributed by atoms with Crippen molar-refractivity contribution in [1.29, 1.82) is 0 Å². The molecule has 3 aromatic rings. The number of thioether (sulfide) groups is 1. The molecule has 8 nitrogen and oxygen atoms in total. The Bertz CT molecular complexity index is 1200. The Kier molecular flexibility index (Phi) is 7.37. The van der Waals surface area contributed by atoms with Gasteiger partial charge in [-0.15, -0.1) is 16.8 Å². The molecule has 0 bridgehead atoms. The Morgan fingerprint density at radius 2 is 1.84 bits per heavy atom. The van der Waals surface area contributed by atoms with Gasteiger partial charge >= 0.3 is 0 Å². The number of nitrogens with zero attached hydrogens (tertiary/aromatic N) is 3. The van der Waals surface area contributed by atoms with Crippen LogP contribution in [0.2, 0.25) is 0 Å². The maximum absolute atomic E-state index is 12.8. The van der Waals surface area contributed by atoms with Crippen LogP contribution in [0.3, 0.4) is 0 Å². The Labute approximate surface area is 191 Å². The largest absolute Gasteiger partial charge is 0.508 e. The minimum Gasteiger partial charge on any atom is -0.508 e. The Hall–Kier alpha value is -3.11. The maximum atomic E-state index is 12.8. The van der Waals surface area contributed by atoms with E-state index >= 15 is 0 Å². The molecule has 32 heavy (non-hydrogen) atoms. The minimum absolute atomic E-state index is 0.107. The zero-order valence-corrected chi connectivity index (χ0v) is 19.4. The highest BCUT2D eigenvalue weighted by atomic mass is 32.2. The van der Waals surface area contributed by atoms with Gasteiger partial charge in [-0.3, -0.25) is 4.79 Å². The number of carbonyl (C=O) groups is 1. The van der Waals surface area contributed by atoms with E-state index < -0.39 is 15.1 Å². The molecule has 0 fully saturated rings. The zero-order valence-electron chi connectivity index (χ0n) is 17.7. The first-order valence-corrected chi connectivity index (χ1v) is 12.3. The highest BCUT2D eigenvalue weighted by Crippen LogP contribution is 2.26. The summed E-state index contributed by atoms with van der Waals surface area (Å²) in [4.78, 5) is 12.8. The summed E-state index contributed by atoms with van der Waals surface area (Å²) < 4.78 is 27.3. The summed E-state index contributed by atoms with van der Waals surface area (Å²) in [6, 6.07) is 12.8. The first-order chi connectivity index (χ1) is 15.2. The molecule has 2 aromatic carbocycles. The van der Waals surface area contributed by atoms with Crippen molar-refractivity contribution >= 4 is 33.2 Å². The van der Waals surface area contributed by atoms with Crippen LogP contribution in [0.1, 0.15) is 18.3 Å². The van der Waals surface area contributed by atoms with Crippen LogP contribution < -0.4 is 5.32 Å². The second kappa shape index (κ2) is 10.0. The van der Waals surface area contributed by atoms with Crippen molar-refractivity contribution in [2.45, 2.75) is 41.4 Å². The van der Waals surface area contributed by atoms with Crippen LogP contribution in [0.4, 0.5) is 5.69 Å². The van der Waals surface area contributed by atoms with Crippen molar-refractivity contribution in [3.63, 3.8) is 0 Å². The highest BCUT2D eigenvalue weighted by Gasteiger charge is 2.24. The monoisotopic (exact) mass is 472 g/mol. The molecular weight excluding hydrogens is 448 g/mol. The van der Waals surface area contributed by atoms with Crippen LogP contribution in [-0.4, -0.2) is 39.4 Å². The number of aromatic nitrogens is 3. The number of hydrogen-bond acceptors (Lipinski definition) is 7. The lowest BCUT2D eigenvalue weighted by Gasteiger charge is -2.13. The molecule has 1 unspecified atom stereocenters. The number of nitrogens with one attached hydrogen (secondary N) is 1. The lowest BCUT2D eigenvalue weighted by atomic mass is 10.2. The Morgan fingerprint density at radius 1 is 1.19 bits per heavy atom. The molecule has 0 aliphatic heterocycles. The molecular formula is C22H24N4O4S2. The van der Waals surface area contributed by atoms with E-state index in [1.54, 1.807) is 54.0 Å². The van der Waals surface area contributed by atoms with E-state index in [9.17, 15) is 18.3 Å². The lowest BCUT2D eigenvalue weighted by Crippen LogP contribution is -2.23. The predicted octanol–water partition coefficient (Wildman–Crippen LogP) is 3.57. The highest BCUT2D eigenvalue weighted by molar-refractivity contribution is 8.00. The van der Waals surface area contributed by atoms with Gasteiger partial charge in [0.05, 0.1) is 10.1 Å². The van der Waals surface area contributed by atoms with Crippen LogP contribution in [0.25, 0.3) is 0 Å². The molecule has 1 amide bonds. The third kappa shape index (κ3) is 5.77. The third-order valence-corrected chi connectivity index (χ3v) is 7.30. The first kappa shape index (κ1) is 23.6. The number of benzene rings is 2. The van der Waals surface area contributed by atoms with Gasteiger partial charge in [0.25, 0.3) is 0 Å². The smallest absolute Gasteiger partial charge is 0.237 e. The molecule has 0 aliphatic rings. The van der Waals surface area contributed by atoms with Crippen molar-refractivity contribution in [3.05, 3.63) is 72.6 Å². The van der Waals surface area contributed by atoms with Gasteiger partial charge < -0.3 is 15.0 Å². The fourth-order valence-corrected chi connectivity index (χ4v) is 4.97. The van der Waals surface area contributed by atoms with Gasteiger partial charge in [0.1, 0.15) is 17.3 Å². The summed E-state index contributed by atoms with van der Waals surface area (Å²) in [5, 5.41) is 20.2. The lowest BCUT2D eigenvalue weighted by molar-refractivity contribution is -0.115. The van der Waals surface area contributed by atoms with Gasteiger partial charge in [-0.1, -0.05) is 35.5 Å². The van der Waals surface area contributed by atoms with Crippen LogP contribution in [0.15, 0.2) is 71.2 Å². The molecule has 10 heteroatoms. The predicted molar refractivity (Wildman–Crippen MR) is 124 cm³/mol. The summed E-state index contributed by atoms with van der Waals surface area (Å²) in [7, 11) is -3.61. The molecule has 1 heterocycles. The van der Waals surface area contributed by atoms with Gasteiger partial charge in [0, 0.05) is 12.2 Å². The summed E-state index contributed by atoms with van der Waals surface area (Å²) in [6.07, 6.45) is 1.62. The average Bonchev–Trinajstić information content (AvgIpc) is 3.10. The van der Waals surface area contributed by atoms with E-state index in [2.05, 4.69) is 22.1 Å². The normalized spacial score (nSPS) is 12.3. The average molecular weight is 473 g/mol. The second-order valence-corrected chi connectivity index (χ2v) is 10.5. The number of amides is 1. The van der Waals surface area contributed by atoms with Gasteiger partial charge in [-0.25, -0.2) is 8.42 Å². The van der Waals surface area contributed by atoms with Crippen LogP contribution >= 0.6 is 11.8 Å². The SMILES string of the molecule is C=CCn1c(CS(=O)(=O)c2ccc(C)cc2)nnc1SC(C)C(=O)Nc1ccc(O)cc1. The van der Waals surface area contributed by atoms with Crippen molar-refractivity contribution < 1.29 is 18.3 Å². The summed E-state index contributed by atoms with van der Waals surface area (Å²) in [5.74, 6) is -0.191. The van der Waals surface area contributed by atoms with E-state index in [0.29, 0.717) is 17.4 Å². The van der Waals surface area contributed by atoms with E-state index in [4.69, 9.17) is 0 Å². The number of anilines is 1. The number of allylic oxidation sites excluding steroid dienone is 1. The summed E-state index contributed by atoms with van der Waals surface area (Å²) >= 11 is 1.17. The number of carbonyl (C=O) groups excluding carboxylic acids is 1. The van der Waals surface area contributed by atoms with Gasteiger partial charge in [0.2, 0.25) is 5.91 Å². The van der Waals surface area contributed by atoms with E-state index in [0.717, 1.165) is 5.56 Å². The maximum Gasteiger partial charge on any atom is 0.237 e. The molecule has 0 saturated heterocycles. The van der Waals surface area contributed by atoms with Crippen LogP contribution in [-0.2, 0) is 26.9 Å². The quantitative estimate of drug-likeness (QED) is 0.278. The third-order valence-electron chi connectivity index (χ3n) is 4.59. The molecule has 0 radical (unpaired) electrons. The van der Waals surface area contributed by atoms with Gasteiger partial charge in [-0.05, 0) is 50.2 Å². The fraction of sp³-hybridized carbons (Fsp3) is 0.227. The van der Waals surface area contributed by atoms with Gasteiger partial charge in [-0.2, -0.15) is 0 Å². The van der Waals surface area contributed by atoms with E-state index in [-0.39, 0.29) is 28.1 Å². The number of hydrogen-bond donors (Lipinski definition) is 2. The molecule has 1 aromatic heterocycles. The summed E-state index contributed by atoms with van der Waals surface area (Å²) in [5.41, 5.74) is 1.52. The van der Waals surface area contributed by atoms with Crippen molar-refractivity contribution in [2.75, 3.05) is 5.32 Å². The Morgan fingerprint density at radius 3 is 2.47 bits per heavy atom. The number of aryl methyl sites for hydroxylation is 1. The molecule has 1 atom stereocenters. The molecule has 0 spiro atoms. The molecule has 2 N–H and O–H groups in total. The molecule has 3 rings (SSSR count). The van der Waals surface area contributed by atoms with Gasteiger partial charge in [0.15, 0.2) is 15.0 Å². The zero-order chi connectivity index (χ0) is 23.3. The summed E-state index contributed by atoms with van der Waals surface area (Å²) in [6.45, 7) is 7.64. The number of phenols is 1.